The van der Waals surface area contributed by atoms with Gasteiger partial charge in [0.25, 0.3) is 0 Å². The third-order valence-corrected chi connectivity index (χ3v) is 4.32. The zero-order valence-electron chi connectivity index (χ0n) is 7.98. The molecule has 0 N–H and O–H groups in total. The van der Waals surface area contributed by atoms with Crippen LogP contribution in [0.2, 0.25) is 0 Å². The number of rotatable bonds is 2. The lowest BCUT2D eigenvalue weighted by Crippen LogP contribution is -2.11. The SMILES string of the molecule is O=Cc1nc2ccccc2n1C1(I)CC1. The quantitative estimate of drug-likeness (QED) is 0.485. The largest absolute Gasteiger partial charge is 0.306 e. The van der Waals surface area contributed by atoms with E-state index in [2.05, 4.69) is 32.1 Å². The van der Waals surface area contributed by atoms with Crippen LogP contribution in [0.15, 0.2) is 24.3 Å². The second kappa shape index (κ2) is 3.04. The Kier molecular flexibility index (Phi) is 1.89. The number of aldehydes is 1. The Labute approximate surface area is 101 Å². The standard InChI is InChI=1S/C11H9IN2O/c12-11(5-6-11)14-9-4-2-1-3-8(9)13-10(14)7-15/h1-4,7H,5-6H2. The molecule has 3 nitrogen and oxygen atoms in total. The molecule has 1 heterocycles. The minimum atomic E-state index is 0.0874. The maximum atomic E-state index is 11.0. The van der Waals surface area contributed by atoms with E-state index < -0.39 is 0 Å². The summed E-state index contributed by atoms with van der Waals surface area (Å²) < 4.78 is 2.15. The van der Waals surface area contributed by atoms with Crippen LogP contribution in [0.25, 0.3) is 11.0 Å². The lowest BCUT2D eigenvalue weighted by molar-refractivity contribution is 0.111. The molecule has 1 fully saturated rings. The van der Waals surface area contributed by atoms with Crippen LogP contribution < -0.4 is 0 Å². The van der Waals surface area contributed by atoms with Crippen molar-refractivity contribution >= 4 is 39.9 Å². The number of alkyl halides is 1. The molecule has 1 aliphatic rings. The van der Waals surface area contributed by atoms with Gasteiger partial charge in [-0.1, -0.05) is 34.7 Å². The first-order valence-corrected chi connectivity index (χ1v) is 5.94. The number of halogens is 1. The molecule has 1 aromatic heterocycles. The number of hydrogen-bond acceptors (Lipinski definition) is 2. The minimum absolute atomic E-state index is 0.0874. The van der Waals surface area contributed by atoms with Crippen LogP contribution >= 0.6 is 22.6 Å². The molecule has 0 aliphatic heterocycles. The summed E-state index contributed by atoms with van der Waals surface area (Å²) in [6.45, 7) is 0. The van der Waals surface area contributed by atoms with Crippen LogP contribution in [0.1, 0.15) is 23.5 Å². The fraction of sp³-hybridized carbons (Fsp3) is 0.273. The minimum Gasteiger partial charge on any atom is -0.306 e. The summed E-state index contributed by atoms with van der Waals surface area (Å²) >= 11 is 2.41. The molecule has 0 spiro atoms. The molecule has 0 bridgehead atoms. The predicted molar refractivity (Wildman–Crippen MR) is 66.3 cm³/mol. The van der Waals surface area contributed by atoms with Gasteiger partial charge in [0.1, 0.15) is 0 Å². The number of nitrogens with zero attached hydrogens (tertiary/aromatic N) is 2. The molecule has 0 amide bonds. The zero-order chi connectivity index (χ0) is 10.5. The molecule has 0 atom stereocenters. The molecular weight excluding hydrogens is 303 g/mol. The normalized spacial score (nSPS) is 17.9. The van der Waals surface area contributed by atoms with E-state index in [-0.39, 0.29) is 3.55 Å². The number of para-hydroxylation sites is 2. The molecule has 15 heavy (non-hydrogen) atoms. The number of imidazole rings is 1. The van der Waals surface area contributed by atoms with Crippen LogP contribution in [0.3, 0.4) is 0 Å². The van der Waals surface area contributed by atoms with Crippen LogP contribution in [-0.2, 0) is 3.55 Å². The van der Waals surface area contributed by atoms with Crippen molar-refractivity contribution in [3.8, 4) is 0 Å². The molecule has 76 valence electrons. The van der Waals surface area contributed by atoms with Crippen LogP contribution in [-0.4, -0.2) is 15.8 Å². The topological polar surface area (TPSA) is 34.9 Å². The molecule has 0 saturated heterocycles. The van der Waals surface area contributed by atoms with Gasteiger partial charge in [0.15, 0.2) is 12.1 Å². The Balaban J connectivity index is 2.37. The third-order valence-electron chi connectivity index (χ3n) is 2.76. The van der Waals surface area contributed by atoms with E-state index in [1.807, 2.05) is 24.3 Å². The number of carbonyl (C=O) groups is 1. The molecule has 1 saturated carbocycles. The molecule has 1 aromatic carbocycles. The second-order valence-corrected chi connectivity index (χ2v) is 5.84. The Morgan fingerprint density at radius 3 is 2.80 bits per heavy atom. The Bertz CT molecular complexity index is 543. The Morgan fingerprint density at radius 2 is 2.13 bits per heavy atom. The molecule has 0 unspecified atom stereocenters. The van der Waals surface area contributed by atoms with Gasteiger partial charge >= 0.3 is 0 Å². The number of benzene rings is 1. The zero-order valence-corrected chi connectivity index (χ0v) is 10.1. The highest BCUT2D eigenvalue weighted by Gasteiger charge is 2.44. The van der Waals surface area contributed by atoms with E-state index in [9.17, 15) is 4.79 Å². The van der Waals surface area contributed by atoms with Gasteiger partial charge in [0.05, 0.1) is 14.6 Å². The average molecular weight is 312 g/mol. The van der Waals surface area contributed by atoms with Crippen molar-refractivity contribution in [3.05, 3.63) is 30.1 Å². The molecule has 4 heteroatoms. The number of aromatic nitrogens is 2. The number of fused-ring (bicyclic) bond motifs is 1. The van der Waals surface area contributed by atoms with Crippen LogP contribution in [0.5, 0.6) is 0 Å². The number of hydrogen-bond donors (Lipinski definition) is 0. The maximum Gasteiger partial charge on any atom is 0.185 e. The molecule has 3 rings (SSSR count). The van der Waals surface area contributed by atoms with Gasteiger partial charge in [-0.2, -0.15) is 0 Å². The first-order valence-electron chi connectivity index (χ1n) is 4.87. The van der Waals surface area contributed by atoms with Crippen LogP contribution in [0.4, 0.5) is 0 Å². The summed E-state index contributed by atoms with van der Waals surface area (Å²) in [5.74, 6) is 0.545. The highest BCUT2D eigenvalue weighted by atomic mass is 127. The van der Waals surface area contributed by atoms with Crippen LogP contribution in [0, 0.1) is 0 Å². The van der Waals surface area contributed by atoms with E-state index >= 15 is 0 Å². The molecule has 0 radical (unpaired) electrons. The number of carbonyl (C=O) groups excluding carboxylic acids is 1. The highest BCUT2D eigenvalue weighted by Crippen LogP contribution is 2.51. The van der Waals surface area contributed by atoms with Gasteiger partial charge in [-0.05, 0) is 25.0 Å². The van der Waals surface area contributed by atoms with E-state index in [0.29, 0.717) is 5.82 Å². The Morgan fingerprint density at radius 1 is 1.40 bits per heavy atom. The van der Waals surface area contributed by atoms with Crippen molar-refractivity contribution < 1.29 is 4.79 Å². The summed E-state index contributed by atoms with van der Waals surface area (Å²) in [5.41, 5.74) is 1.97. The lowest BCUT2D eigenvalue weighted by atomic mass is 10.3. The molecule has 1 aliphatic carbocycles. The van der Waals surface area contributed by atoms with Crippen molar-refractivity contribution in [1.82, 2.24) is 9.55 Å². The predicted octanol–water partition coefficient (Wildman–Crippen LogP) is 2.73. The summed E-state index contributed by atoms with van der Waals surface area (Å²) in [6, 6.07) is 7.90. The summed E-state index contributed by atoms with van der Waals surface area (Å²) in [5, 5.41) is 0. The molecular formula is C11H9IN2O. The van der Waals surface area contributed by atoms with Gasteiger partial charge in [-0.15, -0.1) is 0 Å². The summed E-state index contributed by atoms with van der Waals surface area (Å²) in [6.07, 6.45) is 3.09. The Hall–Kier alpha value is -0.910. The lowest BCUT2D eigenvalue weighted by Gasteiger charge is -2.11. The first kappa shape index (κ1) is 9.33. The van der Waals surface area contributed by atoms with Crippen molar-refractivity contribution in [2.75, 3.05) is 0 Å². The van der Waals surface area contributed by atoms with Crippen molar-refractivity contribution in [1.29, 1.82) is 0 Å². The van der Waals surface area contributed by atoms with Gasteiger partial charge in [0, 0.05) is 0 Å². The van der Waals surface area contributed by atoms with Gasteiger partial charge in [0.2, 0.25) is 0 Å². The van der Waals surface area contributed by atoms with E-state index in [4.69, 9.17) is 0 Å². The third kappa shape index (κ3) is 1.31. The fourth-order valence-electron chi connectivity index (χ4n) is 1.87. The van der Waals surface area contributed by atoms with Crippen molar-refractivity contribution in [3.63, 3.8) is 0 Å². The second-order valence-electron chi connectivity index (χ2n) is 3.83. The fourth-order valence-corrected chi connectivity index (χ4v) is 2.65. The summed E-state index contributed by atoms with van der Waals surface area (Å²) in [7, 11) is 0. The smallest absolute Gasteiger partial charge is 0.185 e. The first-order chi connectivity index (χ1) is 7.24. The maximum absolute atomic E-state index is 11.0. The van der Waals surface area contributed by atoms with E-state index in [1.165, 1.54) is 0 Å². The van der Waals surface area contributed by atoms with Gasteiger partial charge in [-0.3, -0.25) is 4.79 Å². The monoisotopic (exact) mass is 312 g/mol. The highest BCUT2D eigenvalue weighted by molar-refractivity contribution is 14.1. The molecule has 2 aromatic rings. The van der Waals surface area contributed by atoms with Gasteiger partial charge in [-0.25, -0.2) is 4.98 Å². The van der Waals surface area contributed by atoms with Crippen molar-refractivity contribution in [2.24, 2.45) is 0 Å². The summed E-state index contributed by atoms with van der Waals surface area (Å²) in [4.78, 5) is 15.3. The van der Waals surface area contributed by atoms with Crippen molar-refractivity contribution in [2.45, 2.75) is 16.4 Å². The van der Waals surface area contributed by atoms with Gasteiger partial charge < -0.3 is 4.57 Å². The van der Waals surface area contributed by atoms with E-state index in [0.717, 1.165) is 30.2 Å². The van der Waals surface area contributed by atoms with E-state index in [1.54, 1.807) is 0 Å². The average Bonchev–Trinajstić information content (AvgIpc) is 2.87.